The van der Waals surface area contributed by atoms with E-state index in [4.69, 9.17) is 0 Å². The standard InChI is InChI=1S/C12H18FN/c1-3-4-5-11-7-6-10(9-14-2)8-12(11)13/h6-8,14H,3-5,9H2,1-2H3. The zero-order chi connectivity index (χ0) is 10.4. The van der Waals surface area contributed by atoms with E-state index in [2.05, 4.69) is 12.2 Å². The van der Waals surface area contributed by atoms with Crippen LogP contribution in [-0.2, 0) is 13.0 Å². The van der Waals surface area contributed by atoms with Gasteiger partial charge >= 0.3 is 0 Å². The smallest absolute Gasteiger partial charge is 0.126 e. The van der Waals surface area contributed by atoms with Crippen LogP contribution in [0.25, 0.3) is 0 Å². The first kappa shape index (κ1) is 11.2. The molecule has 0 saturated heterocycles. The normalized spacial score (nSPS) is 10.5. The Bertz CT molecular complexity index is 284. The van der Waals surface area contributed by atoms with Gasteiger partial charge in [0.15, 0.2) is 0 Å². The highest BCUT2D eigenvalue weighted by atomic mass is 19.1. The summed E-state index contributed by atoms with van der Waals surface area (Å²) in [5, 5.41) is 3.01. The Kier molecular flexibility index (Phi) is 4.60. The maximum absolute atomic E-state index is 13.5. The van der Waals surface area contributed by atoms with Gasteiger partial charge < -0.3 is 5.32 Å². The van der Waals surface area contributed by atoms with Crippen molar-refractivity contribution >= 4 is 0 Å². The minimum atomic E-state index is -0.0637. The van der Waals surface area contributed by atoms with Crippen molar-refractivity contribution in [2.24, 2.45) is 0 Å². The summed E-state index contributed by atoms with van der Waals surface area (Å²) in [5.41, 5.74) is 1.84. The summed E-state index contributed by atoms with van der Waals surface area (Å²) in [4.78, 5) is 0. The van der Waals surface area contributed by atoms with Gasteiger partial charge in [-0.15, -0.1) is 0 Å². The Morgan fingerprint density at radius 2 is 2.14 bits per heavy atom. The van der Waals surface area contributed by atoms with Crippen molar-refractivity contribution in [2.75, 3.05) is 7.05 Å². The second kappa shape index (κ2) is 5.76. The molecule has 2 heteroatoms. The van der Waals surface area contributed by atoms with Crippen LogP contribution in [0.4, 0.5) is 4.39 Å². The van der Waals surface area contributed by atoms with Crippen molar-refractivity contribution in [3.05, 3.63) is 35.1 Å². The molecule has 78 valence electrons. The number of benzene rings is 1. The Morgan fingerprint density at radius 3 is 2.71 bits per heavy atom. The van der Waals surface area contributed by atoms with Gasteiger partial charge in [-0.1, -0.05) is 25.5 Å². The highest BCUT2D eigenvalue weighted by Crippen LogP contribution is 2.13. The topological polar surface area (TPSA) is 12.0 Å². The summed E-state index contributed by atoms with van der Waals surface area (Å²) in [7, 11) is 1.86. The number of hydrogen-bond acceptors (Lipinski definition) is 1. The summed E-state index contributed by atoms with van der Waals surface area (Å²) in [6.45, 7) is 2.85. The van der Waals surface area contributed by atoms with E-state index in [0.29, 0.717) is 0 Å². The van der Waals surface area contributed by atoms with Gasteiger partial charge in [0, 0.05) is 6.54 Å². The second-order valence-corrected chi connectivity index (χ2v) is 3.56. The lowest BCUT2D eigenvalue weighted by Gasteiger charge is -2.05. The highest BCUT2D eigenvalue weighted by molar-refractivity contribution is 5.24. The van der Waals surface area contributed by atoms with Gasteiger partial charge in [0.1, 0.15) is 5.82 Å². The molecule has 0 bridgehead atoms. The van der Waals surface area contributed by atoms with Gasteiger partial charge in [0.05, 0.1) is 0 Å². The molecule has 0 fully saturated rings. The Balaban J connectivity index is 2.68. The third-order valence-corrected chi connectivity index (χ3v) is 2.30. The minimum Gasteiger partial charge on any atom is -0.316 e. The Labute approximate surface area is 85.3 Å². The van der Waals surface area contributed by atoms with Gasteiger partial charge in [-0.3, -0.25) is 0 Å². The SMILES string of the molecule is CCCCc1ccc(CNC)cc1F. The van der Waals surface area contributed by atoms with Crippen molar-refractivity contribution in [2.45, 2.75) is 32.7 Å². The zero-order valence-corrected chi connectivity index (χ0v) is 8.94. The van der Waals surface area contributed by atoms with Crippen LogP contribution in [-0.4, -0.2) is 7.05 Å². The third kappa shape index (κ3) is 3.11. The molecule has 0 atom stereocenters. The molecule has 0 saturated carbocycles. The van der Waals surface area contributed by atoms with E-state index in [1.165, 1.54) is 0 Å². The van der Waals surface area contributed by atoms with E-state index in [0.717, 1.165) is 36.9 Å². The third-order valence-electron chi connectivity index (χ3n) is 2.30. The van der Waals surface area contributed by atoms with E-state index in [-0.39, 0.29) is 5.82 Å². The number of rotatable bonds is 5. The van der Waals surface area contributed by atoms with Crippen molar-refractivity contribution in [1.82, 2.24) is 5.32 Å². The molecule has 0 amide bonds. The molecule has 0 radical (unpaired) electrons. The van der Waals surface area contributed by atoms with Gasteiger partial charge in [0.2, 0.25) is 0 Å². The molecule has 0 aliphatic carbocycles. The summed E-state index contributed by atoms with van der Waals surface area (Å²) < 4.78 is 13.5. The summed E-state index contributed by atoms with van der Waals surface area (Å²) in [6, 6.07) is 5.52. The first-order valence-corrected chi connectivity index (χ1v) is 5.19. The largest absolute Gasteiger partial charge is 0.316 e. The Morgan fingerprint density at radius 1 is 1.36 bits per heavy atom. The molecule has 0 unspecified atom stereocenters. The molecule has 0 aliphatic heterocycles. The first-order chi connectivity index (χ1) is 6.77. The van der Waals surface area contributed by atoms with E-state index < -0.39 is 0 Å². The molecule has 14 heavy (non-hydrogen) atoms. The second-order valence-electron chi connectivity index (χ2n) is 3.56. The Hall–Kier alpha value is -0.890. The van der Waals surface area contributed by atoms with Crippen LogP contribution in [0.3, 0.4) is 0 Å². The van der Waals surface area contributed by atoms with Crippen LogP contribution in [0.15, 0.2) is 18.2 Å². The molecule has 1 rings (SSSR count). The van der Waals surface area contributed by atoms with Gasteiger partial charge in [0.25, 0.3) is 0 Å². The van der Waals surface area contributed by atoms with Crippen molar-refractivity contribution in [3.8, 4) is 0 Å². The number of aryl methyl sites for hydroxylation is 1. The molecule has 0 aromatic heterocycles. The van der Waals surface area contributed by atoms with E-state index in [9.17, 15) is 4.39 Å². The predicted molar refractivity (Wildman–Crippen MR) is 57.8 cm³/mol. The van der Waals surface area contributed by atoms with Crippen LogP contribution in [0, 0.1) is 5.82 Å². The molecule has 0 spiro atoms. The molecular weight excluding hydrogens is 177 g/mol. The highest BCUT2D eigenvalue weighted by Gasteiger charge is 2.02. The lowest BCUT2D eigenvalue weighted by Crippen LogP contribution is -2.05. The fourth-order valence-electron chi connectivity index (χ4n) is 1.47. The van der Waals surface area contributed by atoms with Crippen molar-refractivity contribution in [1.29, 1.82) is 0 Å². The molecular formula is C12H18FN. The summed E-state index contributed by atoms with van der Waals surface area (Å²) in [6.07, 6.45) is 3.02. The summed E-state index contributed by atoms with van der Waals surface area (Å²) >= 11 is 0. The maximum Gasteiger partial charge on any atom is 0.126 e. The predicted octanol–water partition coefficient (Wildman–Crippen LogP) is 2.89. The number of hydrogen-bond donors (Lipinski definition) is 1. The fourth-order valence-corrected chi connectivity index (χ4v) is 1.47. The van der Waals surface area contributed by atoms with Gasteiger partial charge in [-0.2, -0.15) is 0 Å². The molecule has 1 nitrogen and oxygen atoms in total. The monoisotopic (exact) mass is 195 g/mol. The molecule has 1 aromatic rings. The van der Waals surface area contributed by atoms with Crippen LogP contribution >= 0.6 is 0 Å². The van der Waals surface area contributed by atoms with Gasteiger partial charge in [-0.25, -0.2) is 4.39 Å². The molecule has 1 aromatic carbocycles. The average Bonchev–Trinajstić information content (AvgIpc) is 2.17. The van der Waals surface area contributed by atoms with E-state index >= 15 is 0 Å². The van der Waals surface area contributed by atoms with E-state index in [1.807, 2.05) is 19.2 Å². The number of nitrogens with one attached hydrogen (secondary N) is 1. The minimum absolute atomic E-state index is 0.0637. The molecule has 1 N–H and O–H groups in total. The van der Waals surface area contributed by atoms with Crippen LogP contribution in [0.1, 0.15) is 30.9 Å². The van der Waals surface area contributed by atoms with Crippen LogP contribution in [0.5, 0.6) is 0 Å². The number of halogens is 1. The summed E-state index contributed by atoms with van der Waals surface area (Å²) in [5.74, 6) is -0.0637. The van der Waals surface area contributed by atoms with Crippen molar-refractivity contribution < 1.29 is 4.39 Å². The van der Waals surface area contributed by atoms with E-state index in [1.54, 1.807) is 6.07 Å². The van der Waals surface area contributed by atoms with Crippen LogP contribution < -0.4 is 5.32 Å². The maximum atomic E-state index is 13.5. The quantitative estimate of drug-likeness (QED) is 0.761. The average molecular weight is 195 g/mol. The number of unbranched alkanes of at least 4 members (excludes halogenated alkanes) is 1. The lowest BCUT2D eigenvalue weighted by atomic mass is 10.1. The molecule has 0 aliphatic rings. The molecule has 0 heterocycles. The lowest BCUT2D eigenvalue weighted by molar-refractivity contribution is 0.599. The van der Waals surface area contributed by atoms with Crippen LogP contribution in [0.2, 0.25) is 0 Å². The van der Waals surface area contributed by atoms with Gasteiger partial charge in [-0.05, 0) is 37.1 Å². The van der Waals surface area contributed by atoms with Crippen molar-refractivity contribution in [3.63, 3.8) is 0 Å². The first-order valence-electron chi connectivity index (χ1n) is 5.19. The zero-order valence-electron chi connectivity index (χ0n) is 8.94. The fraction of sp³-hybridized carbons (Fsp3) is 0.500.